The van der Waals surface area contributed by atoms with Gasteiger partial charge >= 0.3 is 0 Å². The van der Waals surface area contributed by atoms with E-state index in [2.05, 4.69) is 10.3 Å². The zero-order valence-corrected chi connectivity index (χ0v) is 19.9. The Morgan fingerprint density at radius 2 is 1.71 bits per heavy atom. The molecule has 0 saturated heterocycles. The van der Waals surface area contributed by atoms with Crippen molar-refractivity contribution in [1.82, 2.24) is 9.55 Å². The lowest BCUT2D eigenvalue weighted by Gasteiger charge is -2.22. The largest absolute Gasteiger partial charge is 0.497 e. The molecule has 1 N–H and O–H groups in total. The van der Waals surface area contributed by atoms with Crippen LogP contribution in [0.4, 0.5) is 11.4 Å². The third-order valence-corrected chi connectivity index (χ3v) is 6.28. The highest BCUT2D eigenvalue weighted by molar-refractivity contribution is 7.99. The summed E-state index contributed by atoms with van der Waals surface area (Å²) in [6.07, 6.45) is 0. The van der Waals surface area contributed by atoms with Crippen LogP contribution in [-0.4, -0.2) is 40.8 Å². The quantitative estimate of drug-likeness (QED) is 0.352. The maximum atomic E-state index is 13.2. The van der Waals surface area contributed by atoms with Gasteiger partial charge in [-0.25, -0.2) is 4.98 Å². The van der Waals surface area contributed by atoms with Crippen LogP contribution < -0.4 is 15.0 Å². The van der Waals surface area contributed by atoms with Crippen LogP contribution in [-0.2, 0) is 16.1 Å². The van der Waals surface area contributed by atoms with E-state index in [1.54, 1.807) is 36.3 Å². The molecule has 2 amide bonds. The Bertz CT molecular complexity index is 1270. The van der Waals surface area contributed by atoms with Crippen molar-refractivity contribution in [3.63, 3.8) is 0 Å². The van der Waals surface area contributed by atoms with E-state index in [0.29, 0.717) is 17.4 Å². The predicted molar refractivity (Wildman–Crippen MR) is 137 cm³/mol. The normalized spacial score (nSPS) is 10.8. The number of likely N-dealkylation sites (N-methyl/N-ethyl adjacent to an activating group) is 1. The first-order valence-electron chi connectivity index (χ1n) is 11.0. The van der Waals surface area contributed by atoms with Gasteiger partial charge < -0.3 is 19.5 Å². The SMILES string of the molecule is CCN(C(=O)Cn1c(SCC(=O)Nc2ccc(OC)cc2)nc2ccccc21)c1ccccc1. The topological polar surface area (TPSA) is 76.5 Å². The molecule has 174 valence electrons. The second-order valence-electron chi connectivity index (χ2n) is 7.51. The van der Waals surface area contributed by atoms with Crippen LogP contribution in [0.5, 0.6) is 5.75 Å². The van der Waals surface area contributed by atoms with Gasteiger partial charge in [0.2, 0.25) is 11.8 Å². The van der Waals surface area contributed by atoms with Crippen LogP contribution in [0.15, 0.2) is 84.0 Å². The number of methoxy groups -OCH3 is 1. The van der Waals surface area contributed by atoms with Gasteiger partial charge in [-0.3, -0.25) is 9.59 Å². The number of thioether (sulfide) groups is 1. The number of fused-ring (bicyclic) bond motifs is 1. The zero-order valence-electron chi connectivity index (χ0n) is 19.1. The van der Waals surface area contributed by atoms with Gasteiger partial charge in [0, 0.05) is 17.9 Å². The smallest absolute Gasteiger partial charge is 0.247 e. The average Bonchev–Trinajstić information content (AvgIpc) is 3.21. The number of carbonyl (C=O) groups excluding carboxylic acids is 2. The van der Waals surface area contributed by atoms with E-state index in [-0.39, 0.29) is 24.1 Å². The van der Waals surface area contributed by atoms with Gasteiger partial charge in [0.15, 0.2) is 5.16 Å². The van der Waals surface area contributed by atoms with Crippen LogP contribution >= 0.6 is 11.8 Å². The first kappa shape index (κ1) is 23.4. The fraction of sp³-hybridized carbons (Fsp3) is 0.192. The highest BCUT2D eigenvalue weighted by Crippen LogP contribution is 2.25. The molecule has 0 unspecified atom stereocenters. The summed E-state index contributed by atoms with van der Waals surface area (Å²) in [5.41, 5.74) is 3.19. The molecule has 0 aliphatic carbocycles. The van der Waals surface area contributed by atoms with E-state index in [1.807, 2.05) is 66.1 Å². The molecule has 4 aromatic rings. The number of benzene rings is 3. The zero-order chi connectivity index (χ0) is 23.9. The summed E-state index contributed by atoms with van der Waals surface area (Å²) in [5, 5.41) is 3.51. The standard InChI is InChI=1S/C26H26N4O3S/c1-3-29(20-9-5-4-6-10-20)25(32)17-30-23-12-8-7-11-22(23)28-26(30)34-18-24(31)27-19-13-15-21(33-2)16-14-19/h4-16H,3,17-18H2,1-2H3,(H,27,31). The summed E-state index contributed by atoms with van der Waals surface area (Å²) in [5.74, 6) is 0.697. The Hall–Kier alpha value is -3.78. The molecule has 0 bridgehead atoms. The van der Waals surface area contributed by atoms with Crippen molar-refractivity contribution >= 4 is 46.0 Å². The summed E-state index contributed by atoms with van der Waals surface area (Å²) in [4.78, 5) is 32.2. The minimum absolute atomic E-state index is 0.0404. The van der Waals surface area contributed by atoms with Gasteiger partial charge in [0.1, 0.15) is 12.3 Å². The fourth-order valence-electron chi connectivity index (χ4n) is 3.65. The molecular formula is C26H26N4O3S. The minimum atomic E-state index is -0.153. The molecular weight excluding hydrogens is 448 g/mol. The number of anilines is 2. The molecule has 1 aromatic heterocycles. The van der Waals surface area contributed by atoms with E-state index in [0.717, 1.165) is 22.5 Å². The molecule has 4 rings (SSSR count). The number of rotatable bonds is 9. The number of imidazole rings is 1. The number of ether oxygens (including phenoxy) is 1. The summed E-state index contributed by atoms with van der Waals surface area (Å²) in [6, 6.07) is 24.5. The van der Waals surface area contributed by atoms with Crippen LogP contribution in [0.3, 0.4) is 0 Å². The van der Waals surface area contributed by atoms with Gasteiger partial charge in [-0.15, -0.1) is 0 Å². The monoisotopic (exact) mass is 474 g/mol. The molecule has 0 fully saturated rings. The molecule has 0 atom stereocenters. The maximum absolute atomic E-state index is 13.2. The molecule has 7 nitrogen and oxygen atoms in total. The average molecular weight is 475 g/mol. The van der Waals surface area contributed by atoms with Gasteiger partial charge in [-0.05, 0) is 55.5 Å². The van der Waals surface area contributed by atoms with Gasteiger partial charge in [-0.2, -0.15) is 0 Å². The second-order valence-corrected chi connectivity index (χ2v) is 8.45. The van der Waals surface area contributed by atoms with E-state index in [4.69, 9.17) is 4.74 Å². The summed E-state index contributed by atoms with van der Waals surface area (Å²) >= 11 is 1.31. The van der Waals surface area contributed by atoms with Crippen LogP contribution in [0.25, 0.3) is 11.0 Å². The van der Waals surface area contributed by atoms with Crippen LogP contribution in [0.1, 0.15) is 6.92 Å². The first-order chi connectivity index (χ1) is 16.6. The predicted octanol–water partition coefficient (Wildman–Crippen LogP) is 4.83. The van der Waals surface area contributed by atoms with E-state index < -0.39 is 0 Å². The number of hydrogen-bond donors (Lipinski definition) is 1. The summed E-state index contributed by atoms with van der Waals surface area (Å²) in [7, 11) is 1.60. The number of nitrogens with one attached hydrogen (secondary N) is 1. The van der Waals surface area contributed by atoms with Crippen molar-refractivity contribution in [3.05, 3.63) is 78.9 Å². The first-order valence-corrected chi connectivity index (χ1v) is 11.9. The number of aromatic nitrogens is 2. The Labute approximate surface area is 202 Å². The molecule has 1 heterocycles. The van der Waals surface area contributed by atoms with Crippen LogP contribution in [0, 0.1) is 0 Å². The summed E-state index contributed by atoms with van der Waals surface area (Å²) in [6.45, 7) is 2.64. The lowest BCUT2D eigenvalue weighted by atomic mass is 10.2. The van der Waals surface area contributed by atoms with Crippen molar-refractivity contribution in [1.29, 1.82) is 0 Å². The van der Waals surface area contributed by atoms with Crippen molar-refractivity contribution in [3.8, 4) is 5.75 Å². The molecule has 8 heteroatoms. The molecule has 34 heavy (non-hydrogen) atoms. The number of carbonyl (C=O) groups is 2. The van der Waals surface area contributed by atoms with E-state index >= 15 is 0 Å². The second kappa shape index (κ2) is 10.9. The molecule has 3 aromatic carbocycles. The Morgan fingerprint density at radius 3 is 2.41 bits per heavy atom. The lowest BCUT2D eigenvalue weighted by Crippen LogP contribution is -2.33. The van der Waals surface area contributed by atoms with E-state index in [9.17, 15) is 9.59 Å². The molecule has 0 aliphatic heterocycles. The number of amides is 2. The Kier molecular flexibility index (Phi) is 7.49. The fourth-order valence-corrected chi connectivity index (χ4v) is 4.46. The Balaban J connectivity index is 1.50. The third kappa shape index (κ3) is 5.40. The molecule has 0 saturated carbocycles. The van der Waals surface area contributed by atoms with Crippen molar-refractivity contribution in [2.24, 2.45) is 0 Å². The number of hydrogen-bond acceptors (Lipinski definition) is 5. The molecule has 0 aliphatic rings. The highest BCUT2D eigenvalue weighted by atomic mass is 32.2. The number of para-hydroxylation sites is 3. The molecule has 0 radical (unpaired) electrons. The Morgan fingerprint density at radius 1 is 1.00 bits per heavy atom. The van der Waals surface area contributed by atoms with Gasteiger partial charge in [0.05, 0.1) is 23.9 Å². The molecule has 0 spiro atoms. The lowest BCUT2D eigenvalue weighted by molar-refractivity contribution is -0.119. The van der Waals surface area contributed by atoms with Crippen molar-refractivity contribution < 1.29 is 14.3 Å². The van der Waals surface area contributed by atoms with Gasteiger partial charge in [-0.1, -0.05) is 42.1 Å². The van der Waals surface area contributed by atoms with E-state index in [1.165, 1.54) is 11.8 Å². The third-order valence-electron chi connectivity index (χ3n) is 5.30. The van der Waals surface area contributed by atoms with Crippen LogP contribution in [0.2, 0.25) is 0 Å². The number of nitrogens with zero attached hydrogens (tertiary/aromatic N) is 3. The maximum Gasteiger partial charge on any atom is 0.247 e. The van der Waals surface area contributed by atoms with Gasteiger partial charge in [0.25, 0.3) is 0 Å². The minimum Gasteiger partial charge on any atom is -0.497 e. The summed E-state index contributed by atoms with van der Waals surface area (Å²) < 4.78 is 7.03. The van der Waals surface area contributed by atoms with Crippen molar-refractivity contribution in [2.75, 3.05) is 29.6 Å². The highest BCUT2D eigenvalue weighted by Gasteiger charge is 2.19. The van der Waals surface area contributed by atoms with Crippen molar-refractivity contribution in [2.45, 2.75) is 18.6 Å².